The summed E-state index contributed by atoms with van der Waals surface area (Å²) in [7, 11) is 0. The minimum atomic E-state index is -0.0211. The number of carbonyl (C=O) groups is 1. The molecule has 4 nitrogen and oxygen atoms in total. The molecular weight excluding hydrogens is 382 g/mol. The largest absolute Gasteiger partial charge is 0.371 e. The van der Waals surface area contributed by atoms with Crippen molar-refractivity contribution in [3.05, 3.63) is 54.6 Å². The average Bonchev–Trinajstić information content (AvgIpc) is 3.08. The quantitative estimate of drug-likeness (QED) is 0.792. The lowest BCUT2D eigenvalue weighted by molar-refractivity contribution is -0.128. The van der Waals surface area contributed by atoms with E-state index >= 15 is 0 Å². The summed E-state index contributed by atoms with van der Waals surface area (Å²) in [5.41, 5.74) is 3.75. The van der Waals surface area contributed by atoms with Crippen LogP contribution >= 0.6 is 0 Å². The summed E-state index contributed by atoms with van der Waals surface area (Å²) in [4.78, 5) is 18.2. The summed E-state index contributed by atoms with van der Waals surface area (Å²) in [6.45, 7) is 7.75. The van der Waals surface area contributed by atoms with Crippen molar-refractivity contribution in [2.75, 3.05) is 37.6 Å². The first-order chi connectivity index (χ1) is 15.1. The predicted molar refractivity (Wildman–Crippen MR) is 127 cm³/mol. The van der Waals surface area contributed by atoms with Crippen LogP contribution in [0.5, 0.6) is 0 Å². The van der Waals surface area contributed by atoms with Gasteiger partial charge in [0.05, 0.1) is 0 Å². The van der Waals surface area contributed by atoms with Gasteiger partial charge in [-0.3, -0.25) is 4.79 Å². The molecule has 6 rings (SSSR count). The van der Waals surface area contributed by atoms with Crippen LogP contribution in [-0.2, 0) is 4.79 Å². The minimum Gasteiger partial charge on any atom is -0.371 e. The molecule has 0 spiro atoms. The Labute approximate surface area is 186 Å². The Hall–Kier alpha value is -2.33. The molecule has 0 aromatic heterocycles. The number of hydrogen-bond acceptors (Lipinski definition) is 3. The standard InChI is InChI=1S/C27H35N3O/c1-27(15-20-29-16-13-24(27)14-17-29)28-26(31)23-11-18-30(19-12-23)25-9-7-22(8-10-25)21-5-3-2-4-6-21/h2-10,23-24H,11-20H2,1H3,(H,28,31). The third-order valence-corrected chi connectivity index (χ3v) is 8.05. The molecule has 1 N–H and O–H groups in total. The molecule has 4 fully saturated rings. The van der Waals surface area contributed by atoms with Crippen molar-refractivity contribution >= 4 is 11.6 Å². The number of benzene rings is 2. The highest BCUT2D eigenvalue weighted by molar-refractivity contribution is 5.80. The molecule has 0 radical (unpaired) electrons. The molecule has 2 aromatic carbocycles. The third kappa shape index (κ3) is 4.36. The monoisotopic (exact) mass is 417 g/mol. The second-order valence-electron chi connectivity index (χ2n) is 9.95. The van der Waals surface area contributed by atoms with Crippen LogP contribution in [0, 0.1) is 11.8 Å². The smallest absolute Gasteiger partial charge is 0.223 e. The van der Waals surface area contributed by atoms with Gasteiger partial charge in [0.2, 0.25) is 5.91 Å². The number of piperidine rings is 2. The first-order valence-corrected chi connectivity index (χ1v) is 12.1. The number of nitrogens with zero attached hydrogens (tertiary/aromatic N) is 2. The van der Waals surface area contributed by atoms with Crippen molar-refractivity contribution in [2.45, 2.75) is 44.6 Å². The van der Waals surface area contributed by atoms with E-state index in [0.29, 0.717) is 11.8 Å². The zero-order chi connectivity index (χ0) is 21.3. The van der Waals surface area contributed by atoms with E-state index in [1.165, 1.54) is 42.7 Å². The maximum atomic E-state index is 13.2. The van der Waals surface area contributed by atoms with Gasteiger partial charge in [-0.05, 0) is 81.3 Å². The number of nitrogens with one attached hydrogen (secondary N) is 1. The van der Waals surface area contributed by atoms with Gasteiger partial charge in [0.1, 0.15) is 0 Å². The van der Waals surface area contributed by atoms with Crippen molar-refractivity contribution in [3.63, 3.8) is 0 Å². The number of amides is 1. The third-order valence-electron chi connectivity index (χ3n) is 8.05. The molecule has 4 heteroatoms. The molecule has 4 saturated heterocycles. The summed E-state index contributed by atoms with van der Waals surface area (Å²) >= 11 is 0. The second kappa shape index (κ2) is 8.66. The molecule has 4 heterocycles. The Balaban J connectivity index is 1.17. The van der Waals surface area contributed by atoms with Gasteiger partial charge in [0.25, 0.3) is 0 Å². The van der Waals surface area contributed by atoms with Crippen molar-refractivity contribution < 1.29 is 4.79 Å². The van der Waals surface area contributed by atoms with E-state index in [2.05, 4.69) is 76.6 Å². The van der Waals surface area contributed by atoms with Crippen LogP contribution in [-0.4, -0.2) is 49.1 Å². The second-order valence-corrected chi connectivity index (χ2v) is 9.95. The van der Waals surface area contributed by atoms with Gasteiger partial charge in [0.15, 0.2) is 0 Å². The fraction of sp³-hybridized carbons (Fsp3) is 0.519. The molecule has 4 aliphatic rings. The Kier molecular flexibility index (Phi) is 5.75. The highest BCUT2D eigenvalue weighted by Gasteiger charge is 2.42. The highest BCUT2D eigenvalue weighted by Crippen LogP contribution is 2.36. The van der Waals surface area contributed by atoms with Gasteiger partial charge in [-0.25, -0.2) is 0 Å². The molecule has 4 aliphatic heterocycles. The molecular formula is C27H35N3O. The van der Waals surface area contributed by atoms with E-state index in [1.807, 2.05) is 0 Å². The molecule has 1 amide bonds. The lowest BCUT2D eigenvalue weighted by Crippen LogP contribution is -2.54. The van der Waals surface area contributed by atoms with Gasteiger partial charge in [-0.2, -0.15) is 0 Å². The molecule has 1 atom stereocenters. The van der Waals surface area contributed by atoms with E-state index in [0.717, 1.165) is 38.9 Å². The number of anilines is 1. The van der Waals surface area contributed by atoms with E-state index in [1.54, 1.807) is 0 Å². The van der Waals surface area contributed by atoms with Crippen LogP contribution in [0.4, 0.5) is 5.69 Å². The van der Waals surface area contributed by atoms with Crippen molar-refractivity contribution in [2.24, 2.45) is 11.8 Å². The Morgan fingerprint density at radius 2 is 1.48 bits per heavy atom. The van der Waals surface area contributed by atoms with Crippen molar-refractivity contribution in [3.8, 4) is 11.1 Å². The van der Waals surface area contributed by atoms with E-state index in [4.69, 9.17) is 0 Å². The minimum absolute atomic E-state index is 0.0211. The van der Waals surface area contributed by atoms with E-state index in [-0.39, 0.29) is 11.5 Å². The lowest BCUT2D eigenvalue weighted by atomic mass is 9.78. The summed E-state index contributed by atoms with van der Waals surface area (Å²) < 4.78 is 0. The van der Waals surface area contributed by atoms with Crippen LogP contribution in [0.1, 0.15) is 39.0 Å². The van der Waals surface area contributed by atoms with Crippen LogP contribution in [0.3, 0.4) is 0 Å². The zero-order valence-corrected chi connectivity index (χ0v) is 18.7. The van der Waals surface area contributed by atoms with Gasteiger partial charge in [-0.1, -0.05) is 42.5 Å². The fourth-order valence-corrected chi connectivity index (χ4v) is 5.83. The maximum Gasteiger partial charge on any atom is 0.223 e. The van der Waals surface area contributed by atoms with Crippen LogP contribution in [0.2, 0.25) is 0 Å². The van der Waals surface area contributed by atoms with Gasteiger partial charge >= 0.3 is 0 Å². The normalized spacial score (nSPS) is 28.9. The lowest BCUT2D eigenvalue weighted by Gasteiger charge is -2.40. The number of hydrogen-bond donors (Lipinski definition) is 1. The summed E-state index contributed by atoms with van der Waals surface area (Å²) in [6, 6.07) is 19.4. The number of rotatable bonds is 4. The SMILES string of the molecule is CC1(NC(=O)C2CCN(c3ccc(-c4ccccc4)cc3)CC2)CCN2CCC1CC2. The van der Waals surface area contributed by atoms with Crippen molar-refractivity contribution in [1.29, 1.82) is 0 Å². The first-order valence-electron chi connectivity index (χ1n) is 12.1. The molecule has 2 aromatic rings. The molecule has 0 saturated carbocycles. The zero-order valence-electron chi connectivity index (χ0n) is 18.7. The van der Waals surface area contributed by atoms with E-state index < -0.39 is 0 Å². The van der Waals surface area contributed by atoms with Gasteiger partial charge in [0, 0.05) is 36.8 Å². The first kappa shape index (κ1) is 20.6. The van der Waals surface area contributed by atoms with E-state index in [9.17, 15) is 4.79 Å². The molecule has 1 unspecified atom stereocenters. The Bertz CT molecular complexity index is 880. The summed E-state index contributed by atoms with van der Waals surface area (Å²) in [5.74, 6) is 1.08. The Morgan fingerprint density at radius 3 is 2.16 bits per heavy atom. The Morgan fingerprint density at radius 1 is 0.839 bits per heavy atom. The predicted octanol–water partition coefficient (Wildman–Crippen LogP) is 4.56. The van der Waals surface area contributed by atoms with Crippen molar-refractivity contribution in [1.82, 2.24) is 10.2 Å². The molecule has 164 valence electrons. The number of carbonyl (C=O) groups excluding carboxylic acids is 1. The van der Waals surface area contributed by atoms with Gasteiger partial charge < -0.3 is 15.1 Å². The number of fused-ring (bicyclic) bond motifs is 4. The average molecular weight is 418 g/mol. The van der Waals surface area contributed by atoms with Crippen LogP contribution in [0.25, 0.3) is 11.1 Å². The maximum absolute atomic E-state index is 13.2. The van der Waals surface area contributed by atoms with Gasteiger partial charge in [-0.15, -0.1) is 0 Å². The summed E-state index contributed by atoms with van der Waals surface area (Å²) in [5, 5.41) is 3.53. The fourth-order valence-electron chi connectivity index (χ4n) is 5.83. The topological polar surface area (TPSA) is 35.6 Å². The molecule has 2 bridgehead atoms. The van der Waals surface area contributed by atoms with Crippen LogP contribution < -0.4 is 10.2 Å². The molecule has 31 heavy (non-hydrogen) atoms. The van der Waals surface area contributed by atoms with Crippen LogP contribution in [0.15, 0.2) is 54.6 Å². The summed E-state index contributed by atoms with van der Waals surface area (Å²) in [6.07, 6.45) is 5.44. The highest BCUT2D eigenvalue weighted by atomic mass is 16.2. The molecule has 0 aliphatic carbocycles.